The van der Waals surface area contributed by atoms with Gasteiger partial charge in [-0.1, -0.05) is 40.9 Å². The molecule has 0 saturated carbocycles. The lowest BCUT2D eigenvalue weighted by Crippen LogP contribution is -2.19. The van der Waals surface area contributed by atoms with Gasteiger partial charge in [0.1, 0.15) is 5.75 Å². The molecule has 0 aliphatic rings. The number of methoxy groups -OCH3 is 1. The zero-order chi connectivity index (χ0) is 15.6. The van der Waals surface area contributed by atoms with Gasteiger partial charge in [0.2, 0.25) is 0 Å². The minimum absolute atomic E-state index is 0.0711. The van der Waals surface area contributed by atoms with Gasteiger partial charge in [0.05, 0.1) is 18.2 Å². The van der Waals surface area contributed by atoms with Crippen LogP contribution in [0.1, 0.15) is 22.7 Å². The molecule has 0 aliphatic heterocycles. The fourth-order valence-electron chi connectivity index (χ4n) is 2.36. The lowest BCUT2D eigenvalue weighted by molar-refractivity contribution is 0.415. The number of hydrogen-bond acceptors (Lipinski definition) is 2. The third kappa shape index (κ3) is 3.46. The van der Waals surface area contributed by atoms with Crippen LogP contribution in [0.4, 0.5) is 0 Å². The van der Waals surface area contributed by atoms with Crippen molar-refractivity contribution in [1.29, 1.82) is 0 Å². The lowest BCUT2D eigenvalue weighted by atomic mass is 9.95. The van der Waals surface area contributed by atoms with Crippen molar-refractivity contribution in [3.05, 3.63) is 62.1 Å². The van der Waals surface area contributed by atoms with Crippen LogP contribution in [0.3, 0.4) is 0 Å². The van der Waals surface area contributed by atoms with Crippen molar-refractivity contribution in [3.8, 4) is 5.75 Å². The molecule has 0 aromatic heterocycles. The van der Waals surface area contributed by atoms with Gasteiger partial charge in [-0.25, -0.2) is 0 Å². The van der Waals surface area contributed by atoms with E-state index in [0.29, 0.717) is 20.8 Å². The van der Waals surface area contributed by atoms with Gasteiger partial charge >= 0.3 is 0 Å². The summed E-state index contributed by atoms with van der Waals surface area (Å²) in [4.78, 5) is 0. The number of ether oxygens (including phenoxy) is 1. The molecule has 1 unspecified atom stereocenters. The average Bonchev–Trinajstić information content (AvgIpc) is 2.45. The Morgan fingerprint density at radius 1 is 1.00 bits per heavy atom. The predicted octanol–water partition coefficient (Wildman–Crippen LogP) is 5.27. The minimum Gasteiger partial charge on any atom is -0.495 e. The molecule has 0 spiro atoms. The molecule has 5 heteroatoms. The number of aryl methyl sites for hydroxylation is 1. The second-order valence-electron chi connectivity index (χ2n) is 4.73. The van der Waals surface area contributed by atoms with E-state index in [2.05, 4.69) is 5.32 Å². The Morgan fingerprint density at radius 3 is 2.29 bits per heavy atom. The predicted molar refractivity (Wildman–Crippen MR) is 90.1 cm³/mol. The maximum absolute atomic E-state index is 6.38. The van der Waals surface area contributed by atoms with Crippen LogP contribution in [0.2, 0.25) is 15.1 Å². The molecule has 0 aliphatic carbocycles. The van der Waals surface area contributed by atoms with Crippen LogP contribution in [0.15, 0.2) is 30.3 Å². The minimum atomic E-state index is -0.0711. The second-order valence-corrected chi connectivity index (χ2v) is 5.98. The molecule has 2 rings (SSSR count). The molecular weight excluding hydrogens is 329 g/mol. The molecule has 0 amide bonds. The van der Waals surface area contributed by atoms with Crippen LogP contribution < -0.4 is 10.1 Å². The van der Waals surface area contributed by atoms with Crippen molar-refractivity contribution in [2.45, 2.75) is 13.0 Å². The molecule has 21 heavy (non-hydrogen) atoms. The first kappa shape index (κ1) is 16.4. The number of hydrogen-bond donors (Lipinski definition) is 1. The van der Waals surface area contributed by atoms with E-state index in [4.69, 9.17) is 39.5 Å². The van der Waals surface area contributed by atoms with Crippen molar-refractivity contribution in [1.82, 2.24) is 5.32 Å². The summed E-state index contributed by atoms with van der Waals surface area (Å²) in [7, 11) is 3.45. The first-order valence-corrected chi connectivity index (χ1v) is 7.57. The molecule has 0 bridgehead atoms. The maximum atomic E-state index is 6.38. The zero-order valence-electron chi connectivity index (χ0n) is 12.0. The van der Waals surface area contributed by atoms with E-state index in [1.807, 2.05) is 38.2 Å². The molecule has 2 aromatic carbocycles. The first-order valence-electron chi connectivity index (χ1n) is 6.44. The SMILES string of the molecule is CNC(c1ccc(Cl)cc1C)c1cc(Cl)c(OC)cc1Cl. The van der Waals surface area contributed by atoms with Gasteiger partial charge in [-0.05, 0) is 48.9 Å². The van der Waals surface area contributed by atoms with Gasteiger partial charge < -0.3 is 10.1 Å². The third-order valence-corrected chi connectivity index (χ3v) is 4.27. The molecule has 0 saturated heterocycles. The second kappa shape index (κ2) is 6.89. The van der Waals surface area contributed by atoms with Gasteiger partial charge in [-0.3, -0.25) is 0 Å². The van der Waals surface area contributed by atoms with E-state index in [0.717, 1.165) is 16.7 Å². The van der Waals surface area contributed by atoms with Crippen molar-refractivity contribution in [2.75, 3.05) is 14.2 Å². The van der Waals surface area contributed by atoms with Crippen LogP contribution in [0, 0.1) is 6.92 Å². The lowest BCUT2D eigenvalue weighted by Gasteiger charge is -2.21. The Bertz CT molecular complexity index is 658. The molecule has 0 fully saturated rings. The third-order valence-electron chi connectivity index (χ3n) is 3.41. The molecule has 2 aromatic rings. The number of nitrogens with one attached hydrogen (secondary N) is 1. The molecule has 112 valence electrons. The van der Waals surface area contributed by atoms with Crippen molar-refractivity contribution in [3.63, 3.8) is 0 Å². The Morgan fingerprint density at radius 2 is 1.71 bits per heavy atom. The van der Waals surface area contributed by atoms with E-state index in [9.17, 15) is 0 Å². The van der Waals surface area contributed by atoms with Crippen molar-refractivity contribution in [2.24, 2.45) is 0 Å². The highest BCUT2D eigenvalue weighted by atomic mass is 35.5. The highest BCUT2D eigenvalue weighted by molar-refractivity contribution is 6.34. The van der Waals surface area contributed by atoms with Crippen molar-refractivity contribution >= 4 is 34.8 Å². The summed E-state index contributed by atoms with van der Waals surface area (Å²) in [5.41, 5.74) is 3.09. The van der Waals surface area contributed by atoms with Crippen LogP contribution >= 0.6 is 34.8 Å². The molecule has 1 N–H and O–H groups in total. The van der Waals surface area contributed by atoms with E-state index in [1.165, 1.54) is 0 Å². The normalized spacial score (nSPS) is 12.3. The largest absolute Gasteiger partial charge is 0.495 e. The summed E-state index contributed by atoms with van der Waals surface area (Å²) in [6.07, 6.45) is 0. The highest BCUT2D eigenvalue weighted by Crippen LogP contribution is 2.37. The molecule has 0 radical (unpaired) electrons. The summed E-state index contributed by atoms with van der Waals surface area (Å²) in [6.45, 7) is 2.02. The fraction of sp³-hybridized carbons (Fsp3) is 0.250. The quantitative estimate of drug-likeness (QED) is 0.815. The molecule has 0 heterocycles. The summed E-state index contributed by atoms with van der Waals surface area (Å²) >= 11 is 18.6. The number of benzene rings is 2. The van der Waals surface area contributed by atoms with Crippen LogP contribution in [0.5, 0.6) is 5.75 Å². The smallest absolute Gasteiger partial charge is 0.138 e. The number of halogens is 3. The van der Waals surface area contributed by atoms with Gasteiger partial charge in [0, 0.05) is 16.1 Å². The van der Waals surface area contributed by atoms with E-state index in [1.54, 1.807) is 13.2 Å². The molecule has 1 atom stereocenters. The van der Waals surface area contributed by atoms with Gasteiger partial charge in [0.25, 0.3) is 0 Å². The Kier molecular flexibility index (Phi) is 5.39. The fourth-order valence-corrected chi connectivity index (χ4v) is 3.10. The van der Waals surface area contributed by atoms with Crippen molar-refractivity contribution < 1.29 is 4.74 Å². The van der Waals surface area contributed by atoms with E-state index < -0.39 is 0 Å². The summed E-state index contributed by atoms with van der Waals surface area (Å²) in [5.74, 6) is 0.563. The summed E-state index contributed by atoms with van der Waals surface area (Å²) in [6, 6.07) is 9.28. The standard InChI is InChI=1S/C16H16Cl3NO/c1-9-6-10(17)4-5-11(9)16(20-2)12-7-14(19)15(21-3)8-13(12)18/h4-8,16,20H,1-3H3. The Balaban J connectivity index is 2.53. The molecule has 2 nitrogen and oxygen atoms in total. The average molecular weight is 345 g/mol. The van der Waals surface area contributed by atoms with Gasteiger partial charge in [-0.2, -0.15) is 0 Å². The van der Waals surface area contributed by atoms with E-state index >= 15 is 0 Å². The van der Waals surface area contributed by atoms with E-state index in [-0.39, 0.29) is 6.04 Å². The van der Waals surface area contributed by atoms with Gasteiger partial charge in [0.15, 0.2) is 0 Å². The Hall–Kier alpha value is -0.930. The summed E-state index contributed by atoms with van der Waals surface area (Å²) < 4.78 is 5.19. The molecular formula is C16H16Cl3NO. The van der Waals surface area contributed by atoms with Crippen LogP contribution in [0.25, 0.3) is 0 Å². The first-order chi connectivity index (χ1) is 9.97. The topological polar surface area (TPSA) is 21.3 Å². The monoisotopic (exact) mass is 343 g/mol. The highest BCUT2D eigenvalue weighted by Gasteiger charge is 2.19. The Labute approximate surface area is 140 Å². The van der Waals surface area contributed by atoms with Crippen LogP contribution in [-0.4, -0.2) is 14.2 Å². The maximum Gasteiger partial charge on any atom is 0.138 e. The zero-order valence-corrected chi connectivity index (χ0v) is 14.3. The summed E-state index contributed by atoms with van der Waals surface area (Å²) in [5, 5.41) is 5.12. The van der Waals surface area contributed by atoms with Gasteiger partial charge in [-0.15, -0.1) is 0 Å². The number of rotatable bonds is 4. The van der Waals surface area contributed by atoms with Crippen LogP contribution in [-0.2, 0) is 0 Å².